The molecule has 0 spiro atoms. The van der Waals surface area contributed by atoms with E-state index in [0.717, 1.165) is 55.0 Å². The van der Waals surface area contributed by atoms with E-state index in [9.17, 15) is 8.42 Å². The van der Waals surface area contributed by atoms with Crippen molar-refractivity contribution in [1.82, 2.24) is 4.31 Å². The lowest BCUT2D eigenvalue weighted by Crippen LogP contribution is -2.43. The average molecular weight is 376 g/mol. The first-order chi connectivity index (χ1) is 12.6. The molecule has 0 bridgehead atoms. The summed E-state index contributed by atoms with van der Waals surface area (Å²) >= 11 is 0. The Morgan fingerprint density at radius 1 is 1.08 bits per heavy atom. The predicted octanol–water partition coefficient (Wildman–Crippen LogP) is 4.97. The first-order valence-corrected chi connectivity index (χ1v) is 11.2. The van der Waals surface area contributed by atoms with Crippen molar-refractivity contribution in [3.05, 3.63) is 36.4 Å². The highest BCUT2D eigenvalue weighted by Crippen LogP contribution is 2.35. The SMILES string of the molecule is CCCCOc1ccc(S(=O)(=O)N2CCCC[C@@H]2CC)c2ccccc12. The maximum absolute atomic E-state index is 13.4. The van der Waals surface area contributed by atoms with Crippen LogP contribution in [-0.2, 0) is 10.0 Å². The van der Waals surface area contributed by atoms with Crippen LogP contribution in [0.15, 0.2) is 41.3 Å². The van der Waals surface area contributed by atoms with Gasteiger partial charge in [-0.3, -0.25) is 0 Å². The number of hydrogen-bond acceptors (Lipinski definition) is 3. The van der Waals surface area contributed by atoms with E-state index in [2.05, 4.69) is 13.8 Å². The van der Waals surface area contributed by atoms with E-state index in [1.165, 1.54) is 0 Å². The first kappa shape index (κ1) is 19.2. The van der Waals surface area contributed by atoms with Gasteiger partial charge >= 0.3 is 0 Å². The van der Waals surface area contributed by atoms with Crippen LogP contribution in [0.5, 0.6) is 5.75 Å². The lowest BCUT2D eigenvalue weighted by atomic mass is 10.0. The summed E-state index contributed by atoms with van der Waals surface area (Å²) in [5.41, 5.74) is 0. The van der Waals surface area contributed by atoms with Crippen LogP contribution in [-0.4, -0.2) is 31.9 Å². The molecule has 5 heteroatoms. The molecule has 1 aliphatic rings. The summed E-state index contributed by atoms with van der Waals surface area (Å²) in [6, 6.07) is 11.3. The van der Waals surface area contributed by atoms with Crippen molar-refractivity contribution in [2.75, 3.05) is 13.2 Å². The van der Waals surface area contributed by atoms with Crippen molar-refractivity contribution >= 4 is 20.8 Å². The van der Waals surface area contributed by atoms with E-state index < -0.39 is 10.0 Å². The molecular weight excluding hydrogens is 346 g/mol. The third kappa shape index (κ3) is 3.74. The molecule has 0 aliphatic carbocycles. The predicted molar refractivity (Wildman–Crippen MR) is 106 cm³/mol. The summed E-state index contributed by atoms with van der Waals surface area (Å²) in [5.74, 6) is 0.763. The zero-order chi connectivity index (χ0) is 18.6. The molecule has 0 radical (unpaired) electrons. The highest BCUT2D eigenvalue weighted by Gasteiger charge is 2.33. The lowest BCUT2D eigenvalue weighted by Gasteiger charge is -2.34. The topological polar surface area (TPSA) is 46.6 Å². The summed E-state index contributed by atoms with van der Waals surface area (Å²) in [6.45, 7) is 5.46. The van der Waals surface area contributed by atoms with Crippen LogP contribution in [0.1, 0.15) is 52.4 Å². The maximum atomic E-state index is 13.4. The molecule has 0 saturated carbocycles. The Bertz CT molecular complexity index is 847. The molecule has 1 atom stereocenters. The number of piperidine rings is 1. The number of fused-ring (bicyclic) bond motifs is 1. The van der Waals surface area contributed by atoms with Crippen molar-refractivity contribution in [3.63, 3.8) is 0 Å². The molecule has 2 aromatic carbocycles. The van der Waals surface area contributed by atoms with Gasteiger partial charge in [-0.1, -0.05) is 51.0 Å². The fraction of sp³-hybridized carbons (Fsp3) is 0.524. The van der Waals surface area contributed by atoms with Gasteiger partial charge < -0.3 is 4.74 Å². The Balaban J connectivity index is 2.03. The Hall–Kier alpha value is -1.59. The Labute approximate surface area is 157 Å². The molecule has 1 fully saturated rings. The largest absolute Gasteiger partial charge is 0.493 e. The van der Waals surface area contributed by atoms with E-state index in [1.807, 2.05) is 30.3 Å². The second-order valence-corrected chi connectivity index (χ2v) is 8.84. The van der Waals surface area contributed by atoms with Crippen molar-refractivity contribution in [3.8, 4) is 5.75 Å². The molecule has 4 nitrogen and oxygen atoms in total. The number of sulfonamides is 1. The molecule has 0 N–H and O–H groups in total. The van der Waals surface area contributed by atoms with Gasteiger partial charge in [-0.2, -0.15) is 4.31 Å². The maximum Gasteiger partial charge on any atom is 0.243 e. The van der Waals surface area contributed by atoms with Crippen LogP contribution in [0, 0.1) is 0 Å². The molecule has 1 saturated heterocycles. The summed E-state index contributed by atoms with van der Waals surface area (Å²) in [6.07, 6.45) is 5.90. The van der Waals surface area contributed by atoms with Gasteiger partial charge in [-0.25, -0.2) is 8.42 Å². The van der Waals surface area contributed by atoms with Crippen LogP contribution < -0.4 is 4.74 Å². The highest BCUT2D eigenvalue weighted by atomic mass is 32.2. The number of benzene rings is 2. The zero-order valence-corrected chi connectivity index (χ0v) is 16.6. The summed E-state index contributed by atoms with van der Waals surface area (Å²) < 4.78 is 34.5. The van der Waals surface area contributed by atoms with Gasteiger partial charge in [0.1, 0.15) is 5.75 Å². The third-order valence-electron chi connectivity index (χ3n) is 5.23. The standard InChI is InChI=1S/C21H29NO3S/c1-3-5-16-25-20-13-14-21(19-12-7-6-11-18(19)20)26(23,24)22-15-9-8-10-17(22)4-2/h6-7,11-14,17H,3-5,8-10,15-16H2,1-2H3/t17-/m0/s1. The van der Waals surface area contributed by atoms with Crippen LogP contribution in [0.4, 0.5) is 0 Å². The molecule has 142 valence electrons. The smallest absolute Gasteiger partial charge is 0.243 e. The lowest BCUT2D eigenvalue weighted by molar-refractivity contribution is 0.247. The molecule has 26 heavy (non-hydrogen) atoms. The fourth-order valence-corrected chi connectivity index (χ4v) is 5.71. The number of rotatable bonds is 7. The number of hydrogen-bond donors (Lipinski definition) is 0. The summed E-state index contributed by atoms with van der Waals surface area (Å²) in [7, 11) is -3.51. The Kier molecular flexibility index (Phi) is 6.20. The van der Waals surface area contributed by atoms with E-state index in [0.29, 0.717) is 18.0 Å². The van der Waals surface area contributed by atoms with Crippen molar-refractivity contribution < 1.29 is 13.2 Å². The van der Waals surface area contributed by atoms with Crippen LogP contribution in [0.2, 0.25) is 0 Å². The highest BCUT2D eigenvalue weighted by molar-refractivity contribution is 7.89. The Morgan fingerprint density at radius 2 is 1.85 bits per heavy atom. The van der Waals surface area contributed by atoms with Crippen LogP contribution in [0.3, 0.4) is 0 Å². The second-order valence-electron chi connectivity index (χ2n) is 6.98. The van der Waals surface area contributed by atoms with Crippen LogP contribution >= 0.6 is 0 Å². The minimum Gasteiger partial charge on any atom is -0.493 e. The summed E-state index contributed by atoms with van der Waals surface area (Å²) in [5, 5.41) is 1.62. The minimum absolute atomic E-state index is 0.105. The first-order valence-electron chi connectivity index (χ1n) is 9.76. The second kappa shape index (κ2) is 8.40. The van der Waals surface area contributed by atoms with Gasteiger partial charge in [0.25, 0.3) is 0 Å². The van der Waals surface area contributed by atoms with Crippen LogP contribution in [0.25, 0.3) is 10.8 Å². The summed E-state index contributed by atoms with van der Waals surface area (Å²) in [4.78, 5) is 0.399. The molecule has 1 heterocycles. The van der Waals surface area contributed by atoms with Gasteiger partial charge in [0, 0.05) is 23.4 Å². The van der Waals surface area contributed by atoms with Gasteiger partial charge in [0.2, 0.25) is 10.0 Å². The zero-order valence-electron chi connectivity index (χ0n) is 15.8. The Morgan fingerprint density at radius 3 is 2.58 bits per heavy atom. The van der Waals surface area contributed by atoms with E-state index in [-0.39, 0.29) is 6.04 Å². The molecule has 2 aromatic rings. The molecule has 3 rings (SSSR count). The van der Waals surface area contributed by atoms with Gasteiger partial charge in [-0.15, -0.1) is 0 Å². The van der Waals surface area contributed by atoms with Crippen molar-refractivity contribution in [2.24, 2.45) is 0 Å². The van der Waals surface area contributed by atoms with Gasteiger partial charge in [-0.05, 0) is 37.8 Å². The van der Waals surface area contributed by atoms with E-state index in [4.69, 9.17) is 4.74 Å². The molecule has 0 amide bonds. The number of nitrogens with zero attached hydrogens (tertiary/aromatic N) is 1. The molecular formula is C21H29NO3S. The van der Waals surface area contributed by atoms with Crippen molar-refractivity contribution in [2.45, 2.75) is 63.3 Å². The van der Waals surface area contributed by atoms with E-state index in [1.54, 1.807) is 10.4 Å². The van der Waals surface area contributed by atoms with Gasteiger partial charge in [0.15, 0.2) is 0 Å². The normalized spacial score (nSPS) is 18.9. The third-order valence-corrected chi connectivity index (χ3v) is 7.24. The van der Waals surface area contributed by atoms with E-state index >= 15 is 0 Å². The average Bonchev–Trinajstić information content (AvgIpc) is 2.68. The molecule has 0 unspecified atom stereocenters. The number of ether oxygens (including phenoxy) is 1. The van der Waals surface area contributed by atoms with Crippen molar-refractivity contribution in [1.29, 1.82) is 0 Å². The molecule has 0 aromatic heterocycles. The monoisotopic (exact) mass is 375 g/mol. The molecule has 1 aliphatic heterocycles. The fourth-order valence-electron chi connectivity index (χ4n) is 3.75. The quantitative estimate of drug-likeness (QED) is 0.642. The number of unbranched alkanes of at least 4 members (excludes halogenated alkanes) is 1. The minimum atomic E-state index is -3.51. The van der Waals surface area contributed by atoms with Gasteiger partial charge in [0.05, 0.1) is 11.5 Å².